The third kappa shape index (κ3) is 5.14. The molecule has 2 N–H and O–H groups in total. The fraction of sp³-hybridized carbons (Fsp3) is 0.280. The number of rotatable bonds is 8. The van der Waals surface area contributed by atoms with E-state index in [-0.39, 0.29) is 42.7 Å². The SMILES string of the molecule is CC(=O)NC[C@H]1CN(c2ccc(C(=N)C[C@@H](C)n3ccc(-c4ccccc4)n3)c(F)c2)C(=O)O1. The molecule has 0 saturated carbocycles. The van der Waals surface area contributed by atoms with Crippen molar-refractivity contribution in [1.82, 2.24) is 15.1 Å². The maximum atomic E-state index is 14.9. The average Bonchev–Trinajstić information content (AvgIpc) is 3.45. The molecule has 2 heterocycles. The number of anilines is 1. The van der Waals surface area contributed by atoms with Crippen LogP contribution in [0.25, 0.3) is 11.3 Å². The third-order valence-electron chi connectivity index (χ3n) is 5.67. The first-order valence-electron chi connectivity index (χ1n) is 11.0. The smallest absolute Gasteiger partial charge is 0.414 e. The van der Waals surface area contributed by atoms with Crippen LogP contribution in [0.4, 0.5) is 14.9 Å². The Labute approximate surface area is 196 Å². The summed E-state index contributed by atoms with van der Waals surface area (Å²) >= 11 is 0. The van der Waals surface area contributed by atoms with E-state index in [1.54, 1.807) is 10.7 Å². The minimum absolute atomic E-state index is 0.140. The number of hydrogen-bond donors (Lipinski definition) is 2. The molecule has 0 aliphatic carbocycles. The first-order valence-corrected chi connectivity index (χ1v) is 11.0. The number of carbonyl (C=O) groups is 2. The van der Waals surface area contributed by atoms with E-state index >= 15 is 0 Å². The van der Waals surface area contributed by atoms with Crippen LogP contribution in [0.3, 0.4) is 0 Å². The van der Waals surface area contributed by atoms with Crippen molar-refractivity contribution in [2.24, 2.45) is 0 Å². The predicted molar refractivity (Wildman–Crippen MR) is 127 cm³/mol. The van der Waals surface area contributed by atoms with Gasteiger partial charge in [-0.25, -0.2) is 9.18 Å². The lowest BCUT2D eigenvalue weighted by Crippen LogP contribution is -2.33. The molecule has 2 aromatic carbocycles. The van der Waals surface area contributed by atoms with Crippen molar-refractivity contribution in [1.29, 1.82) is 5.41 Å². The normalized spacial score (nSPS) is 16.3. The van der Waals surface area contributed by atoms with Crippen LogP contribution in [0, 0.1) is 11.2 Å². The Morgan fingerprint density at radius 2 is 2.03 bits per heavy atom. The molecular formula is C25H26FN5O3. The van der Waals surface area contributed by atoms with Gasteiger partial charge in [-0.2, -0.15) is 5.10 Å². The molecule has 2 atom stereocenters. The second kappa shape index (κ2) is 9.86. The van der Waals surface area contributed by atoms with E-state index in [1.165, 1.54) is 24.0 Å². The number of nitrogens with one attached hydrogen (secondary N) is 2. The summed E-state index contributed by atoms with van der Waals surface area (Å²) in [6.07, 6.45) is 1.04. The highest BCUT2D eigenvalue weighted by Crippen LogP contribution is 2.26. The molecule has 0 spiro atoms. The van der Waals surface area contributed by atoms with Crippen LogP contribution in [0.15, 0.2) is 60.8 Å². The summed E-state index contributed by atoms with van der Waals surface area (Å²) in [5.74, 6) is -0.803. The van der Waals surface area contributed by atoms with Crippen LogP contribution in [-0.2, 0) is 9.53 Å². The van der Waals surface area contributed by atoms with Crippen molar-refractivity contribution >= 4 is 23.4 Å². The lowest BCUT2D eigenvalue weighted by Gasteiger charge is -2.16. The first kappa shape index (κ1) is 23.2. The van der Waals surface area contributed by atoms with Crippen LogP contribution >= 0.6 is 0 Å². The number of amides is 2. The van der Waals surface area contributed by atoms with Gasteiger partial charge in [0.15, 0.2) is 0 Å². The van der Waals surface area contributed by atoms with E-state index in [0.717, 1.165) is 11.3 Å². The van der Waals surface area contributed by atoms with Crippen LogP contribution in [-0.4, -0.2) is 46.7 Å². The van der Waals surface area contributed by atoms with Gasteiger partial charge >= 0.3 is 6.09 Å². The van der Waals surface area contributed by atoms with Gasteiger partial charge in [0.05, 0.1) is 30.5 Å². The van der Waals surface area contributed by atoms with Crippen molar-refractivity contribution in [2.75, 3.05) is 18.0 Å². The van der Waals surface area contributed by atoms with Crippen molar-refractivity contribution in [2.45, 2.75) is 32.4 Å². The molecule has 1 aliphatic rings. The van der Waals surface area contributed by atoms with Gasteiger partial charge in [-0.05, 0) is 31.2 Å². The second-order valence-electron chi connectivity index (χ2n) is 8.30. The standard InChI is InChI=1S/C25H26FN5O3/c1-16(31-11-10-24(29-31)18-6-4-3-5-7-18)12-23(27)21-9-8-19(13-22(21)26)30-15-20(34-25(30)33)14-28-17(2)32/h3-11,13,16,20,27H,12,14-15H2,1-2H3,(H,28,32)/t16-,20+/m1/s1. The highest BCUT2D eigenvalue weighted by atomic mass is 19.1. The summed E-state index contributed by atoms with van der Waals surface area (Å²) in [7, 11) is 0. The Bertz CT molecular complexity index is 1210. The molecule has 1 fully saturated rings. The zero-order valence-corrected chi connectivity index (χ0v) is 19.0. The third-order valence-corrected chi connectivity index (χ3v) is 5.67. The minimum Gasteiger partial charge on any atom is -0.442 e. The summed E-state index contributed by atoms with van der Waals surface area (Å²) in [5, 5.41) is 15.6. The fourth-order valence-corrected chi connectivity index (χ4v) is 3.86. The van der Waals surface area contributed by atoms with Gasteiger partial charge in [0.1, 0.15) is 11.9 Å². The molecule has 4 rings (SSSR count). The number of nitrogens with zero attached hydrogens (tertiary/aromatic N) is 3. The van der Waals surface area contributed by atoms with Crippen molar-refractivity contribution in [3.05, 3.63) is 72.2 Å². The Kier molecular flexibility index (Phi) is 6.72. The Hall–Kier alpha value is -4.01. The molecular weight excluding hydrogens is 437 g/mol. The van der Waals surface area contributed by atoms with Gasteiger partial charge in [0, 0.05) is 36.4 Å². The molecule has 1 aliphatic heterocycles. The molecule has 1 aromatic heterocycles. The van der Waals surface area contributed by atoms with Crippen LogP contribution in [0.2, 0.25) is 0 Å². The summed E-state index contributed by atoms with van der Waals surface area (Å²) < 4.78 is 21.9. The van der Waals surface area contributed by atoms with Gasteiger partial charge in [-0.3, -0.25) is 14.4 Å². The van der Waals surface area contributed by atoms with Gasteiger partial charge in [-0.15, -0.1) is 0 Å². The number of carbonyl (C=O) groups excluding carboxylic acids is 2. The van der Waals surface area contributed by atoms with E-state index in [0.29, 0.717) is 5.69 Å². The molecule has 9 heteroatoms. The van der Waals surface area contributed by atoms with Gasteiger partial charge in [0.25, 0.3) is 0 Å². The van der Waals surface area contributed by atoms with E-state index < -0.39 is 18.0 Å². The number of aromatic nitrogens is 2. The largest absolute Gasteiger partial charge is 0.442 e. The quantitative estimate of drug-likeness (QED) is 0.490. The molecule has 0 radical (unpaired) electrons. The van der Waals surface area contributed by atoms with Gasteiger partial charge in [0.2, 0.25) is 5.91 Å². The van der Waals surface area contributed by atoms with Gasteiger partial charge < -0.3 is 15.5 Å². The van der Waals surface area contributed by atoms with Crippen LogP contribution in [0.5, 0.6) is 0 Å². The zero-order valence-electron chi connectivity index (χ0n) is 19.0. The predicted octanol–water partition coefficient (Wildman–Crippen LogP) is 4.17. The van der Waals surface area contributed by atoms with E-state index in [4.69, 9.17) is 10.1 Å². The van der Waals surface area contributed by atoms with Crippen LogP contribution in [0.1, 0.15) is 31.9 Å². The lowest BCUT2D eigenvalue weighted by molar-refractivity contribution is -0.119. The first-order chi connectivity index (χ1) is 16.3. The molecule has 176 valence electrons. The minimum atomic E-state index is -0.598. The number of benzene rings is 2. The summed E-state index contributed by atoms with van der Waals surface area (Å²) in [4.78, 5) is 24.6. The maximum absolute atomic E-state index is 14.9. The van der Waals surface area contributed by atoms with Gasteiger partial charge in [-0.1, -0.05) is 30.3 Å². The maximum Gasteiger partial charge on any atom is 0.414 e. The Morgan fingerprint density at radius 1 is 1.26 bits per heavy atom. The highest BCUT2D eigenvalue weighted by Gasteiger charge is 2.32. The van der Waals surface area contributed by atoms with E-state index in [1.807, 2.05) is 49.5 Å². The molecule has 34 heavy (non-hydrogen) atoms. The number of halogens is 1. The summed E-state index contributed by atoms with van der Waals surface area (Å²) in [5.41, 5.74) is 2.50. The number of hydrogen-bond acceptors (Lipinski definition) is 5. The fourth-order valence-electron chi connectivity index (χ4n) is 3.86. The Balaban J connectivity index is 1.41. The number of cyclic esters (lactones) is 1. The van der Waals surface area contributed by atoms with Crippen molar-refractivity contribution in [3.63, 3.8) is 0 Å². The second-order valence-corrected chi connectivity index (χ2v) is 8.30. The van der Waals surface area contributed by atoms with E-state index in [2.05, 4.69) is 10.4 Å². The molecule has 8 nitrogen and oxygen atoms in total. The van der Waals surface area contributed by atoms with Crippen LogP contribution < -0.4 is 10.2 Å². The van der Waals surface area contributed by atoms with E-state index in [9.17, 15) is 14.0 Å². The molecule has 0 bridgehead atoms. The highest BCUT2D eigenvalue weighted by molar-refractivity contribution is 5.99. The lowest BCUT2D eigenvalue weighted by atomic mass is 10.0. The topological polar surface area (TPSA) is 100 Å². The molecule has 2 amide bonds. The average molecular weight is 464 g/mol. The van der Waals surface area contributed by atoms with Crippen molar-refractivity contribution < 1.29 is 18.7 Å². The Morgan fingerprint density at radius 3 is 2.74 bits per heavy atom. The number of ether oxygens (including phenoxy) is 1. The summed E-state index contributed by atoms with van der Waals surface area (Å²) in [6.45, 7) is 3.71. The molecule has 0 unspecified atom stereocenters. The molecule has 1 saturated heterocycles. The summed E-state index contributed by atoms with van der Waals surface area (Å²) in [6, 6.07) is 15.9. The zero-order chi connectivity index (χ0) is 24.2. The van der Waals surface area contributed by atoms with Crippen molar-refractivity contribution in [3.8, 4) is 11.3 Å². The monoisotopic (exact) mass is 463 g/mol. The molecule has 3 aromatic rings.